The molecule has 0 atom stereocenters. The second kappa shape index (κ2) is 5.06. The van der Waals surface area contributed by atoms with Gasteiger partial charge in [-0.25, -0.2) is 0 Å². The fourth-order valence-corrected chi connectivity index (χ4v) is 3.37. The number of hydrogen-bond acceptors (Lipinski definition) is 3. The molecule has 3 N–H and O–H groups in total. The third kappa shape index (κ3) is 2.68. The maximum absolute atomic E-state index is 11.2. The predicted octanol–water partition coefficient (Wildman–Crippen LogP) is 2.25. The summed E-state index contributed by atoms with van der Waals surface area (Å²) in [4.78, 5) is 0. The average molecular weight is 259 g/mol. The average Bonchev–Trinajstić information content (AvgIpc) is 2.26. The van der Waals surface area contributed by atoms with E-state index in [9.17, 15) is 4.21 Å². The number of nitrogens with two attached hydrogens (primary N) is 1. The Morgan fingerprint density at radius 1 is 1.38 bits per heavy atom. The Labute approximate surface area is 103 Å². The van der Waals surface area contributed by atoms with Crippen molar-refractivity contribution < 1.29 is 4.21 Å². The molecule has 0 radical (unpaired) electrons. The number of rotatable bonds is 2. The Kier molecular flexibility index (Phi) is 3.71. The summed E-state index contributed by atoms with van der Waals surface area (Å²) in [6.45, 7) is 0. The first-order chi connectivity index (χ1) is 7.66. The van der Waals surface area contributed by atoms with E-state index in [1.165, 1.54) is 0 Å². The number of para-hydroxylation sites is 1. The summed E-state index contributed by atoms with van der Waals surface area (Å²) >= 11 is 6.07. The fraction of sp³-hybridized carbons (Fsp3) is 0.455. The van der Waals surface area contributed by atoms with E-state index in [2.05, 4.69) is 5.32 Å². The normalized spacial score (nSPS) is 25.3. The van der Waals surface area contributed by atoms with Crippen LogP contribution in [0.5, 0.6) is 0 Å². The number of nitrogens with one attached hydrogen (secondary N) is 1. The molecule has 0 saturated carbocycles. The summed E-state index contributed by atoms with van der Waals surface area (Å²) in [5.74, 6) is 1.53. The Bertz CT molecular complexity index is 381. The molecule has 16 heavy (non-hydrogen) atoms. The Balaban J connectivity index is 2.06. The molecule has 1 heterocycles. The van der Waals surface area contributed by atoms with E-state index in [1.54, 1.807) is 0 Å². The molecule has 0 amide bonds. The van der Waals surface area contributed by atoms with Gasteiger partial charge in [-0.1, -0.05) is 17.7 Å². The SMILES string of the molecule is Nc1cccc(Cl)c1NC1CCS(=O)CC1. The summed E-state index contributed by atoms with van der Waals surface area (Å²) in [5.41, 5.74) is 7.33. The zero-order valence-electron chi connectivity index (χ0n) is 8.91. The van der Waals surface area contributed by atoms with E-state index in [-0.39, 0.29) is 0 Å². The van der Waals surface area contributed by atoms with Gasteiger partial charge in [0.1, 0.15) is 0 Å². The summed E-state index contributed by atoms with van der Waals surface area (Å²) in [6, 6.07) is 5.81. The van der Waals surface area contributed by atoms with Crippen LogP contribution in [0.1, 0.15) is 12.8 Å². The molecule has 5 heteroatoms. The lowest BCUT2D eigenvalue weighted by atomic mass is 10.1. The van der Waals surface area contributed by atoms with Crippen molar-refractivity contribution in [2.45, 2.75) is 18.9 Å². The van der Waals surface area contributed by atoms with Crippen molar-refractivity contribution in [3.63, 3.8) is 0 Å². The highest BCUT2D eigenvalue weighted by Crippen LogP contribution is 2.29. The third-order valence-corrected chi connectivity index (χ3v) is 4.48. The van der Waals surface area contributed by atoms with Crippen LogP contribution in [-0.2, 0) is 10.8 Å². The molecule has 88 valence electrons. The van der Waals surface area contributed by atoms with Gasteiger partial charge < -0.3 is 11.1 Å². The van der Waals surface area contributed by atoms with Crippen LogP contribution < -0.4 is 11.1 Å². The van der Waals surface area contributed by atoms with E-state index in [0.29, 0.717) is 16.8 Å². The minimum Gasteiger partial charge on any atom is -0.397 e. The highest BCUT2D eigenvalue weighted by Gasteiger charge is 2.18. The smallest absolute Gasteiger partial charge is 0.0765 e. The molecule has 1 saturated heterocycles. The quantitative estimate of drug-likeness (QED) is 0.800. The summed E-state index contributed by atoms with van der Waals surface area (Å²) < 4.78 is 11.2. The minimum absolute atomic E-state index is 0.333. The number of hydrogen-bond donors (Lipinski definition) is 2. The number of halogens is 1. The molecular formula is C11H15ClN2OS. The van der Waals surface area contributed by atoms with Gasteiger partial charge in [-0.05, 0) is 25.0 Å². The van der Waals surface area contributed by atoms with Crippen LogP contribution in [0.3, 0.4) is 0 Å². The van der Waals surface area contributed by atoms with Crippen LogP contribution in [0, 0.1) is 0 Å². The van der Waals surface area contributed by atoms with Gasteiger partial charge in [-0.2, -0.15) is 0 Å². The van der Waals surface area contributed by atoms with Gasteiger partial charge in [0.15, 0.2) is 0 Å². The maximum atomic E-state index is 11.2. The highest BCUT2D eigenvalue weighted by atomic mass is 35.5. The van der Waals surface area contributed by atoms with Gasteiger partial charge in [-0.15, -0.1) is 0 Å². The standard InChI is InChI=1S/C11H15ClN2OS/c12-9-2-1-3-10(13)11(9)14-8-4-6-16(15)7-5-8/h1-3,8,14H,4-7,13H2. The molecule has 1 aliphatic rings. The Morgan fingerprint density at radius 3 is 2.69 bits per heavy atom. The van der Waals surface area contributed by atoms with E-state index in [4.69, 9.17) is 17.3 Å². The maximum Gasteiger partial charge on any atom is 0.0765 e. The van der Waals surface area contributed by atoms with Crippen molar-refractivity contribution in [2.24, 2.45) is 0 Å². The number of anilines is 2. The van der Waals surface area contributed by atoms with Gasteiger partial charge in [0.25, 0.3) is 0 Å². The van der Waals surface area contributed by atoms with E-state index in [1.807, 2.05) is 18.2 Å². The van der Waals surface area contributed by atoms with E-state index in [0.717, 1.165) is 30.0 Å². The minimum atomic E-state index is -0.634. The molecule has 3 nitrogen and oxygen atoms in total. The Hall–Kier alpha value is -0.740. The van der Waals surface area contributed by atoms with Crippen molar-refractivity contribution in [3.8, 4) is 0 Å². The Morgan fingerprint density at radius 2 is 2.06 bits per heavy atom. The van der Waals surface area contributed by atoms with Crippen molar-refractivity contribution in [2.75, 3.05) is 22.6 Å². The molecule has 0 spiro atoms. The lowest BCUT2D eigenvalue weighted by Gasteiger charge is -2.24. The third-order valence-electron chi connectivity index (χ3n) is 2.78. The molecule has 0 bridgehead atoms. The van der Waals surface area contributed by atoms with Crippen LogP contribution in [0.25, 0.3) is 0 Å². The number of nitrogen functional groups attached to an aromatic ring is 1. The molecule has 1 aromatic rings. The van der Waals surface area contributed by atoms with Crippen LogP contribution in [0.2, 0.25) is 5.02 Å². The van der Waals surface area contributed by atoms with Crippen LogP contribution in [0.4, 0.5) is 11.4 Å². The molecule has 1 aromatic carbocycles. The van der Waals surface area contributed by atoms with Gasteiger partial charge >= 0.3 is 0 Å². The highest BCUT2D eigenvalue weighted by molar-refractivity contribution is 7.85. The van der Waals surface area contributed by atoms with Crippen molar-refractivity contribution in [3.05, 3.63) is 23.2 Å². The molecule has 0 aliphatic carbocycles. The molecule has 0 unspecified atom stereocenters. The summed E-state index contributed by atoms with van der Waals surface area (Å²) in [6.07, 6.45) is 1.83. The van der Waals surface area contributed by atoms with E-state index < -0.39 is 10.8 Å². The largest absolute Gasteiger partial charge is 0.397 e. The van der Waals surface area contributed by atoms with Crippen molar-refractivity contribution in [1.29, 1.82) is 0 Å². The van der Waals surface area contributed by atoms with Crippen LogP contribution in [0.15, 0.2) is 18.2 Å². The summed E-state index contributed by atoms with van der Waals surface area (Å²) in [5, 5.41) is 3.99. The second-order valence-corrected chi connectivity index (χ2v) is 6.07. The monoisotopic (exact) mass is 258 g/mol. The van der Waals surface area contributed by atoms with Crippen LogP contribution >= 0.6 is 11.6 Å². The first kappa shape index (κ1) is 11.7. The topological polar surface area (TPSA) is 55.1 Å². The molecule has 1 fully saturated rings. The van der Waals surface area contributed by atoms with Gasteiger partial charge in [-0.3, -0.25) is 4.21 Å². The van der Waals surface area contributed by atoms with Gasteiger partial charge in [0, 0.05) is 28.3 Å². The fourth-order valence-electron chi connectivity index (χ4n) is 1.84. The first-order valence-electron chi connectivity index (χ1n) is 5.32. The second-order valence-electron chi connectivity index (χ2n) is 3.97. The van der Waals surface area contributed by atoms with Crippen LogP contribution in [-0.4, -0.2) is 21.8 Å². The molecule has 0 aromatic heterocycles. The molecule has 1 aliphatic heterocycles. The number of benzene rings is 1. The lowest BCUT2D eigenvalue weighted by Crippen LogP contribution is -2.29. The van der Waals surface area contributed by atoms with Crippen molar-refractivity contribution in [1.82, 2.24) is 0 Å². The van der Waals surface area contributed by atoms with E-state index >= 15 is 0 Å². The predicted molar refractivity (Wildman–Crippen MR) is 70.4 cm³/mol. The molecular weight excluding hydrogens is 244 g/mol. The van der Waals surface area contributed by atoms with Crippen molar-refractivity contribution >= 4 is 33.8 Å². The van der Waals surface area contributed by atoms with Gasteiger partial charge in [0.05, 0.1) is 16.4 Å². The zero-order chi connectivity index (χ0) is 11.5. The lowest BCUT2D eigenvalue weighted by molar-refractivity contribution is 0.624. The first-order valence-corrected chi connectivity index (χ1v) is 7.19. The summed E-state index contributed by atoms with van der Waals surface area (Å²) in [7, 11) is -0.634. The van der Waals surface area contributed by atoms with Gasteiger partial charge in [0.2, 0.25) is 0 Å². The molecule has 2 rings (SSSR count). The zero-order valence-corrected chi connectivity index (χ0v) is 10.5.